The number of carbonyl (C=O) groups excluding carboxylic acids is 2. The average Bonchev–Trinajstić information content (AvgIpc) is 3.24. The molecule has 0 N–H and O–H groups in total. The maximum absolute atomic E-state index is 13.7. The number of hydrogen-bond acceptors (Lipinski definition) is 4. The number of amides is 2. The van der Waals surface area contributed by atoms with Crippen molar-refractivity contribution in [3.8, 4) is 0 Å². The van der Waals surface area contributed by atoms with Crippen molar-refractivity contribution in [3.63, 3.8) is 0 Å². The molecule has 2 amide bonds. The fraction of sp³-hybridized carbons (Fsp3) is 0.0714. The Morgan fingerprint density at radius 1 is 0.784 bits per heavy atom. The number of hydrogen-bond donors (Lipinski definition) is 0. The summed E-state index contributed by atoms with van der Waals surface area (Å²) in [6.45, 7) is 1.34. The van der Waals surface area contributed by atoms with Gasteiger partial charge in [-0.15, -0.1) is 0 Å². The Bertz CT molecular complexity index is 2020. The largest absolute Gasteiger partial charge is 0.416 e. The minimum Gasteiger partial charge on any atom is -0.268 e. The molecule has 1 aliphatic rings. The number of imidazole rings is 1. The summed E-state index contributed by atoms with van der Waals surface area (Å²) in [6, 6.07) is 17.0. The van der Waals surface area contributed by atoms with Crippen LogP contribution in [0.1, 0.15) is 31.8 Å². The Kier molecular flexibility index (Phi) is 4.01. The van der Waals surface area contributed by atoms with Gasteiger partial charge in [0.05, 0.1) is 22.3 Å². The Hall–Kier alpha value is -4.79. The smallest absolute Gasteiger partial charge is 0.268 e. The van der Waals surface area contributed by atoms with Gasteiger partial charge in [-0.2, -0.15) is 13.2 Å². The molecule has 3 heterocycles. The van der Waals surface area contributed by atoms with E-state index in [-0.39, 0.29) is 38.8 Å². The average molecular weight is 497 g/mol. The lowest BCUT2D eigenvalue weighted by Gasteiger charge is -2.27. The molecule has 6 aromatic rings. The summed E-state index contributed by atoms with van der Waals surface area (Å²) in [5.74, 6) is -1.05. The van der Waals surface area contributed by atoms with Crippen LogP contribution in [0.2, 0.25) is 0 Å². The standard InChI is InChI=1S/C28H14F3N3O3/c1-13-11-21-20(12-19(13)28(29,30)31)32-24-15-7-8-17-23-18(10-9-16(22(15)23)27(37)34(21)24)26(36)33(25(17)35)14-5-3-2-4-6-14/h2-12H,1H3. The third-order valence-electron chi connectivity index (χ3n) is 7.02. The number of anilines is 1. The normalized spacial score (nSPS) is 14.1. The van der Waals surface area contributed by atoms with Crippen molar-refractivity contribution in [2.24, 2.45) is 0 Å². The molecule has 7 rings (SSSR count). The van der Waals surface area contributed by atoms with E-state index in [1.807, 2.05) is 0 Å². The second kappa shape index (κ2) is 6.91. The summed E-state index contributed by atoms with van der Waals surface area (Å²) < 4.78 is 41.9. The molecule has 0 fully saturated rings. The summed E-state index contributed by atoms with van der Waals surface area (Å²) in [5.41, 5.74) is 0.0496. The third-order valence-corrected chi connectivity index (χ3v) is 7.02. The monoisotopic (exact) mass is 497 g/mol. The minimum absolute atomic E-state index is 0.0243. The highest BCUT2D eigenvalue weighted by molar-refractivity contribution is 6.38. The van der Waals surface area contributed by atoms with Crippen LogP contribution in [0.15, 0.2) is 71.5 Å². The van der Waals surface area contributed by atoms with Gasteiger partial charge in [0.25, 0.3) is 17.4 Å². The first-order valence-electron chi connectivity index (χ1n) is 11.4. The van der Waals surface area contributed by atoms with Crippen LogP contribution in [-0.2, 0) is 6.18 Å². The number of imide groups is 1. The Balaban J connectivity index is 1.59. The quantitative estimate of drug-likeness (QED) is 0.273. The molecule has 1 aliphatic heterocycles. The topological polar surface area (TPSA) is 71.8 Å². The number of alkyl halides is 3. The number of carbonyl (C=O) groups is 2. The molecule has 0 radical (unpaired) electrons. The highest BCUT2D eigenvalue weighted by Crippen LogP contribution is 2.39. The van der Waals surface area contributed by atoms with Crippen LogP contribution in [0.4, 0.5) is 18.9 Å². The van der Waals surface area contributed by atoms with Crippen LogP contribution >= 0.6 is 0 Å². The van der Waals surface area contributed by atoms with Gasteiger partial charge < -0.3 is 0 Å². The molecular weight excluding hydrogens is 483 g/mol. The van der Waals surface area contributed by atoms with Gasteiger partial charge >= 0.3 is 6.18 Å². The van der Waals surface area contributed by atoms with E-state index in [0.717, 1.165) is 11.0 Å². The van der Waals surface area contributed by atoms with E-state index in [1.54, 1.807) is 42.5 Å². The van der Waals surface area contributed by atoms with E-state index >= 15 is 0 Å². The maximum Gasteiger partial charge on any atom is 0.416 e. The van der Waals surface area contributed by atoms with E-state index in [0.29, 0.717) is 21.8 Å². The summed E-state index contributed by atoms with van der Waals surface area (Å²) >= 11 is 0. The summed E-state index contributed by atoms with van der Waals surface area (Å²) in [7, 11) is 0. The van der Waals surface area contributed by atoms with E-state index in [1.165, 1.54) is 29.5 Å². The SMILES string of the molecule is Cc1cc2c(cc1C(F)(F)F)nc1c3ccc4c5c(ccc(c(=O)n21)c53)C(=O)N(c1ccccc1)C4=O. The second-order valence-corrected chi connectivity index (χ2v) is 9.08. The molecule has 6 nitrogen and oxygen atoms in total. The van der Waals surface area contributed by atoms with Crippen molar-refractivity contribution < 1.29 is 22.8 Å². The van der Waals surface area contributed by atoms with E-state index in [4.69, 9.17) is 0 Å². The fourth-order valence-corrected chi connectivity index (χ4v) is 5.40. The highest BCUT2D eigenvalue weighted by atomic mass is 19.4. The zero-order valence-corrected chi connectivity index (χ0v) is 19.1. The molecule has 0 saturated heterocycles. The molecule has 0 aliphatic carbocycles. The van der Waals surface area contributed by atoms with Gasteiger partial charge in [0, 0.05) is 32.7 Å². The lowest BCUT2D eigenvalue weighted by molar-refractivity contribution is -0.137. The van der Waals surface area contributed by atoms with Crippen LogP contribution in [-0.4, -0.2) is 21.2 Å². The number of halogens is 3. The molecule has 0 saturated carbocycles. The lowest BCUT2D eigenvalue weighted by atomic mass is 9.90. The molecule has 4 aromatic carbocycles. The van der Waals surface area contributed by atoms with E-state index in [2.05, 4.69) is 4.98 Å². The van der Waals surface area contributed by atoms with Crippen LogP contribution in [0.5, 0.6) is 0 Å². The summed E-state index contributed by atoms with van der Waals surface area (Å²) in [4.78, 5) is 46.1. The Labute approximate surface area is 205 Å². The summed E-state index contributed by atoms with van der Waals surface area (Å²) in [5, 5.41) is 1.45. The third kappa shape index (κ3) is 2.71. The number of fused-ring (bicyclic) bond motifs is 4. The molecular formula is C28H14F3N3O3. The van der Waals surface area contributed by atoms with Gasteiger partial charge in [0.1, 0.15) is 5.65 Å². The van der Waals surface area contributed by atoms with Crippen molar-refractivity contribution in [2.45, 2.75) is 13.1 Å². The second-order valence-electron chi connectivity index (χ2n) is 9.08. The van der Waals surface area contributed by atoms with Gasteiger partial charge in [-0.25, -0.2) is 9.88 Å². The molecule has 0 atom stereocenters. The Morgan fingerprint density at radius 2 is 1.43 bits per heavy atom. The number of nitrogens with zero attached hydrogens (tertiary/aromatic N) is 3. The van der Waals surface area contributed by atoms with Crippen molar-refractivity contribution in [1.82, 2.24) is 9.38 Å². The number of aromatic nitrogens is 2. The van der Waals surface area contributed by atoms with Gasteiger partial charge in [-0.3, -0.25) is 18.8 Å². The minimum atomic E-state index is -4.57. The fourth-order valence-electron chi connectivity index (χ4n) is 5.40. The lowest BCUT2D eigenvalue weighted by Crippen LogP contribution is -2.40. The maximum atomic E-state index is 13.7. The van der Waals surface area contributed by atoms with Crippen molar-refractivity contribution in [2.75, 3.05) is 4.90 Å². The first kappa shape index (κ1) is 21.5. The van der Waals surface area contributed by atoms with Crippen molar-refractivity contribution in [1.29, 1.82) is 0 Å². The summed E-state index contributed by atoms with van der Waals surface area (Å²) in [6.07, 6.45) is -4.57. The number of benzene rings is 4. The first-order chi connectivity index (χ1) is 17.7. The van der Waals surface area contributed by atoms with Gasteiger partial charge in [-0.1, -0.05) is 18.2 Å². The number of aryl methyl sites for hydroxylation is 1. The van der Waals surface area contributed by atoms with Crippen LogP contribution in [0.3, 0.4) is 0 Å². The first-order valence-corrected chi connectivity index (χ1v) is 11.4. The van der Waals surface area contributed by atoms with Gasteiger partial charge in [0.2, 0.25) is 0 Å². The molecule has 0 unspecified atom stereocenters. The zero-order chi connectivity index (χ0) is 25.8. The van der Waals surface area contributed by atoms with Crippen molar-refractivity contribution in [3.05, 3.63) is 99.3 Å². The van der Waals surface area contributed by atoms with Crippen LogP contribution in [0, 0.1) is 6.92 Å². The molecule has 37 heavy (non-hydrogen) atoms. The molecule has 0 spiro atoms. The molecule has 2 aromatic heterocycles. The molecule has 180 valence electrons. The molecule has 0 bridgehead atoms. The predicted octanol–water partition coefficient (Wildman–Crippen LogP) is 5.72. The number of pyridine rings is 1. The van der Waals surface area contributed by atoms with Crippen molar-refractivity contribution >= 4 is 55.7 Å². The Morgan fingerprint density at radius 3 is 2.08 bits per heavy atom. The van der Waals surface area contributed by atoms with Gasteiger partial charge in [0.15, 0.2) is 0 Å². The van der Waals surface area contributed by atoms with E-state index < -0.39 is 29.1 Å². The molecule has 9 heteroatoms. The van der Waals surface area contributed by atoms with E-state index in [9.17, 15) is 27.6 Å². The highest BCUT2D eigenvalue weighted by Gasteiger charge is 2.36. The predicted molar refractivity (Wildman–Crippen MR) is 132 cm³/mol. The number of rotatable bonds is 1. The van der Waals surface area contributed by atoms with Crippen LogP contribution in [0.25, 0.3) is 38.2 Å². The zero-order valence-electron chi connectivity index (χ0n) is 19.1. The van der Waals surface area contributed by atoms with Crippen LogP contribution < -0.4 is 10.5 Å². The number of para-hydroxylation sites is 1. The van der Waals surface area contributed by atoms with Gasteiger partial charge in [-0.05, 0) is 61.0 Å².